The number of hydrogen-bond acceptors (Lipinski definition) is 7. The van der Waals surface area contributed by atoms with Crippen LogP contribution in [-0.4, -0.2) is 54.0 Å². The van der Waals surface area contributed by atoms with Gasteiger partial charge in [0.1, 0.15) is 23.4 Å². The number of hydrogen-bond donors (Lipinski definition) is 4. The number of carbonyl (C=O) groups excluding carboxylic acids is 1. The number of aliphatic hydroxyl groups excluding tert-OH is 2. The second kappa shape index (κ2) is 11.6. The first-order valence-corrected chi connectivity index (χ1v) is 12.8. The standard InChI is InChI=1S/C20H27F2N3O5S2/c1-3-4-5-6-17(26)18(27)15(9-12-7-13(21)10-14(22)8-12)23-19(28)16-11-31-20(24-16)25-32(2,29)30/h7-8,10-11,15,17-18,26-27H,3-6,9H2,1-2H3,(H,23,28)(H,24,25). The van der Waals surface area contributed by atoms with E-state index in [1.807, 2.05) is 6.92 Å². The molecule has 0 bridgehead atoms. The second-order valence-corrected chi connectivity index (χ2v) is 10.1. The average molecular weight is 492 g/mol. The van der Waals surface area contributed by atoms with Gasteiger partial charge >= 0.3 is 0 Å². The molecule has 4 N–H and O–H groups in total. The van der Waals surface area contributed by atoms with E-state index in [2.05, 4.69) is 15.0 Å². The zero-order chi connectivity index (χ0) is 23.9. The van der Waals surface area contributed by atoms with Gasteiger partial charge in [-0.1, -0.05) is 26.2 Å². The van der Waals surface area contributed by atoms with E-state index in [0.29, 0.717) is 12.5 Å². The number of halogens is 2. The molecule has 0 saturated heterocycles. The highest BCUT2D eigenvalue weighted by Gasteiger charge is 2.29. The summed E-state index contributed by atoms with van der Waals surface area (Å²) in [5.41, 5.74) is 0.0783. The third-order valence-electron chi connectivity index (χ3n) is 4.61. The van der Waals surface area contributed by atoms with Gasteiger partial charge in [0.25, 0.3) is 5.91 Å². The summed E-state index contributed by atoms with van der Waals surface area (Å²) in [5.74, 6) is -2.34. The fraction of sp³-hybridized carbons (Fsp3) is 0.500. The van der Waals surface area contributed by atoms with Gasteiger partial charge in [-0.25, -0.2) is 22.2 Å². The van der Waals surface area contributed by atoms with Crippen molar-refractivity contribution in [3.8, 4) is 0 Å². The molecule has 32 heavy (non-hydrogen) atoms. The van der Waals surface area contributed by atoms with E-state index in [4.69, 9.17) is 0 Å². The minimum Gasteiger partial charge on any atom is -0.390 e. The molecular formula is C20H27F2N3O5S2. The summed E-state index contributed by atoms with van der Waals surface area (Å²) in [6.07, 6.45) is 0.944. The first kappa shape index (κ1) is 26.1. The number of anilines is 1. The fourth-order valence-electron chi connectivity index (χ4n) is 3.11. The highest BCUT2D eigenvalue weighted by Crippen LogP contribution is 2.19. The Morgan fingerprint density at radius 2 is 1.84 bits per heavy atom. The maximum absolute atomic E-state index is 13.6. The van der Waals surface area contributed by atoms with Crippen LogP contribution in [0.2, 0.25) is 0 Å². The summed E-state index contributed by atoms with van der Waals surface area (Å²) in [5, 5.41) is 24.9. The van der Waals surface area contributed by atoms with Crippen LogP contribution < -0.4 is 10.0 Å². The maximum Gasteiger partial charge on any atom is 0.271 e. The lowest BCUT2D eigenvalue weighted by Crippen LogP contribution is -2.50. The SMILES string of the molecule is CCCCCC(O)C(O)C(Cc1cc(F)cc(F)c1)NC(=O)c1csc(NS(C)(=O)=O)n1. The Morgan fingerprint density at radius 1 is 1.19 bits per heavy atom. The summed E-state index contributed by atoms with van der Waals surface area (Å²) >= 11 is 0.895. The van der Waals surface area contributed by atoms with Gasteiger partial charge < -0.3 is 15.5 Å². The molecular weight excluding hydrogens is 464 g/mol. The number of rotatable bonds is 12. The van der Waals surface area contributed by atoms with Crippen LogP contribution in [0.25, 0.3) is 0 Å². The lowest BCUT2D eigenvalue weighted by molar-refractivity contribution is -0.00835. The van der Waals surface area contributed by atoms with E-state index < -0.39 is 45.8 Å². The van der Waals surface area contributed by atoms with Crippen LogP contribution in [0, 0.1) is 11.6 Å². The topological polar surface area (TPSA) is 129 Å². The molecule has 1 amide bonds. The average Bonchev–Trinajstić information content (AvgIpc) is 3.13. The first-order chi connectivity index (χ1) is 15.0. The molecule has 2 rings (SSSR count). The minimum absolute atomic E-state index is 0.0125. The van der Waals surface area contributed by atoms with Gasteiger partial charge in [-0.05, 0) is 30.5 Å². The lowest BCUT2D eigenvalue weighted by Gasteiger charge is -2.28. The van der Waals surface area contributed by atoms with Crippen LogP contribution in [0.4, 0.5) is 13.9 Å². The Kier molecular flexibility index (Phi) is 9.49. The van der Waals surface area contributed by atoms with Crippen molar-refractivity contribution in [2.75, 3.05) is 11.0 Å². The van der Waals surface area contributed by atoms with Crippen LogP contribution >= 0.6 is 11.3 Å². The van der Waals surface area contributed by atoms with Crippen LogP contribution in [0.15, 0.2) is 23.6 Å². The molecule has 0 saturated carbocycles. The van der Waals surface area contributed by atoms with Crippen LogP contribution in [0.5, 0.6) is 0 Å². The highest BCUT2D eigenvalue weighted by molar-refractivity contribution is 7.92. The summed E-state index contributed by atoms with van der Waals surface area (Å²) in [7, 11) is -3.58. The van der Waals surface area contributed by atoms with Crippen molar-refractivity contribution in [3.05, 3.63) is 46.5 Å². The number of carbonyl (C=O) groups is 1. The Balaban J connectivity index is 2.20. The summed E-state index contributed by atoms with van der Waals surface area (Å²) in [4.78, 5) is 16.6. The van der Waals surface area contributed by atoms with Gasteiger partial charge in [0, 0.05) is 11.4 Å². The minimum atomic E-state index is -3.58. The van der Waals surface area contributed by atoms with Crippen LogP contribution in [0.3, 0.4) is 0 Å². The normalized spacial score (nSPS) is 14.6. The summed E-state index contributed by atoms with van der Waals surface area (Å²) in [6.45, 7) is 1.99. The number of amides is 1. The monoisotopic (exact) mass is 491 g/mol. The van der Waals surface area contributed by atoms with Gasteiger partial charge in [0.05, 0.1) is 18.4 Å². The molecule has 1 aromatic heterocycles. The molecule has 1 heterocycles. The molecule has 0 radical (unpaired) electrons. The number of nitrogens with one attached hydrogen (secondary N) is 2. The van der Waals surface area contributed by atoms with E-state index in [1.165, 1.54) is 5.38 Å². The van der Waals surface area contributed by atoms with Gasteiger partial charge in [-0.2, -0.15) is 0 Å². The summed E-state index contributed by atoms with van der Waals surface area (Å²) < 4.78 is 52.0. The van der Waals surface area contributed by atoms with Crippen molar-refractivity contribution in [2.45, 2.75) is 57.3 Å². The first-order valence-electron chi connectivity index (χ1n) is 10.0. The van der Waals surface area contributed by atoms with Crippen LogP contribution in [0.1, 0.15) is 48.7 Å². The zero-order valence-corrected chi connectivity index (χ0v) is 19.3. The number of unbranched alkanes of at least 4 members (excludes halogenated alkanes) is 2. The van der Waals surface area contributed by atoms with Crippen molar-refractivity contribution >= 4 is 32.4 Å². The Labute approximate surface area is 189 Å². The number of nitrogens with zero attached hydrogens (tertiary/aromatic N) is 1. The molecule has 0 aliphatic heterocycles. The van der Waals surface area contributed by atoms with Crippen molar-refractivity contribution < 1.29 is 32.2 Å². The molecule has 2 aromatic rings. The Hall–Kier alpha value is -2.15. The van der Waals surface area contributed by atoms with Crippen molar-refractivity contribution in [3.63, 3.8) is 0 Å². The molecule has 12 heteroatoms. The van der Waals surface area contributed by atoms with E-state index in [9.17, 15) is 32.2 Å². The zero-order valence-electron chi connectivity index (χ0n) is 17.7. The number of thiazole rings is 1. The molecule has 0 spiro atoms. The number of aliphatic hydroxyl groups is 2. The maximum atomic E-state index is 13.6. The van der Waals surface area contributed by atoms with Crippen molar-refractivity contribution in [1.29, 1.82) is 0 Å². The van der Waals surface area contributed by atoms with Crippen molar-refractivity contribution in [1.82, 2.24) is 10.3 Å². The van der Waals surface area contributed by atoms with Crippen LogP contribution in [-0.2, 0) is 16.4 Å². The van der Waals surface area contributed by atoms with E-state index in [0.717, 1.165) is 42.6 Å². The molecule has 8 nitrogen and oxygen atoms in total. The smallest absolute Gasteiger partial charge is 0.271 e. The van der Waals surface area contributed by atoms with E-state index in [1.54, 1.807) is 0 Å². The molecule has 0 aliphatic rings. The summed E-state index contributed by atoms with van der Waals surface area (Å²) in [6, 6.07) is 1.79. The molecule has 3 unspecified atom stereocenters. The van der Waals surface area contributed by atoms with Crippen molar-refractivity contribution in [2.24, 2.45) is 0 Å². The van der Waals surface area contributed by atoms with E-state index in [-0.39, 0.29) is 29.2 Å². The van der Waals surface area contributed by atoms with Gasteiger partial charge in [-0.3, -0.25) is 9.52 Å². The molecule has 0 aliphatic carbocycles. The highest BCUT2D eigenvalue weighted by atomic mass is 32.2. The number of aromatic nitrogens is 1. The predicted molar refractivity (Wildman–Crippen MR) is 118 cm³/mol. The molecule has 178 valence electrons. The van der Waals surface area contributed by atoms with Gasteiger partial charge in [0.2, 0.25) is 10.0 Å². The van der Waals surface area contributed by atoms with Gasteiger partial charge in [-0.15, -0.1) is 11.3 Å². The fourth-order valence-corrected chi connectivity index (χ4v) is 4.65. The predicted octanol–water partition coefficient (Wildman–Crippen LogP) is 2.44. The van der Waals surface area contributed by atoms with Gasteiger partial charge in [0.15, 0.2) is 5.13 Å². The molecule has 0 fully saturated rings. The molecule has 3 atom stereocenters. The largest absolute Gasteiger partial charge is 0.390 e. The quantitative estimate of drug-likeness (QED) is 0.338. The Bertz CT molecular complexity index is 996. The number of sulfonamides is 1. The van der Waals surface area contributed by atoms with E-state index >= 15 is 0 Å². The Morgan fingerprint density at radius 3 is 2.44 bits per heavy atom. The number of benzene rings is 1. The third-order valence-corrected chi connectivity index (χ3v) is 6.06. The lowest BCUT2D eigenvalue weighted by atomic mass is 9.94. The second-order valence-electron chi connectivity index (χ2n) is 7.53. The molecule has 1 aromatic carbocycles. The third kappa shape index (κ3) is 8.41.